The van der Waals surface area contributed by atoms with Gasteiger partial charge in [0.1, 0.15) is 0 Å². The number of urea groups is 1. The molecule has 1 N–H and O–H groups in total. The van der Waals surface area contributed by atoms with Crippen molar-refractivity contribution < 1.29 is 9.53 Å². The third-order valence-electron chi connectivity index (χ3n) is 4.16. The Bertz CT molecular complexity index is 713. The van der Waals surface area contributed by atoms with Crippen LogP contribution in [0.25, 0.3) is 0 Å². The van der Waals surface area contributed by atoms with E-state index in [1.54, 1.807) is 13.3 Å². The van der Waals surface area contributed by atoms with Gasteiger partial charge in [0.05, 0.1) is 7.11 Å². The maximum Gasteiger partial charge on any atom is 0.318 e. The molecule has 0 bridgehead atoms. The summed E-state index contributed by atoms with van der Waals surface area (Å²) in [6, 6.07) is 12.4. The van der Waals surface area contributed by atoms with E-state index in [1.165, 1.54) is 5.56 Å². The van der Waals surface area contributed by atoms with Crippen molar-refractivity contribution in [3.05, 3.63) is 59.3 Å². The summed E-state index contributed by atoms with van der Waals surface area (Å²) in [7, 11) is 1.59. The number of hydrogen-bond acceptors (Lipinski definition) is 3. The Morgan fingerprint density at radius 3 is 2.88 bits per heavy atom. The molecule has 0 aliphatic heterocycles. The zero-order valence-electron chi connectivity index (χ0n) is 14.2. The monoisotopic (exact) mass is 325 g/mol. The first-order valence-corrected chi connectivity index (χ1v) is 8.25. The summed E-state index contributed by atoms with van der Waals surface area (Å²) >= 11 is 0. The number of amides is 2. The van der Waals surface area contributed by atoms with Gasteiger partial charge in [-0.3, -0.25) is 0 Å². The third-order valence-corrected chi connectivity index (χ3v) is 4.16. The van der Waals surface area contributed by atoms with E-state index in [-0.39, 0.29) is 6.03 Å². The highest BCUT2D eigenvalue weighted by Crippen LogP contribution is 2.28. The van der Waals surface area contributed by atoms with Crippen molar-refractivity contribution >= 4 is 6.03 Å². The van der Waals surface area contributed by atoms with Gasteiger partial charge < -0.3 is 15.0 Å². The molecule has 2 aromatic rings. The number of aryl methyl sites for hydroxylation is 1. The molecule has 1 heterocycles. The summed E-state index contributed by atoms with van der Waals surface area (Å²) < 4.78 is 5.23. The van der Waals surface area contributed by atoms with Crippen LogP contribution in [0.5, 0.6) is 5.88 Å². The van der Waals surface area contributed by atoms with Gasteiger partial charge in [0.2, 0.25) is 5.88 Å². The van der Waals surface area contributed by atoms with Crippen LogP contribution in [-0.2, 0) is 13.1 Å². The van der Waals surface area contributed by atoms with Crippen molar-refractivity contribution in [2.24, 2.45) is 0 Å². The molecule has 0 atom stereocenters. The van der Waals surface area contributed by atoms with E-state index < -0.39 is 0 Å². The molecule has 24 heavy (non-hydrogen) atoms. The minimum absolute atomic E-state index is 0.0371. The Balaban J connectivity index is 1.64. The van der Waals surface area contributed by atoms with E-state index >= 15 is 0 Å². The predicted octanol–water partition coefficient (Wildman–Crippen LogP) is 3.27. The predicted molar refractivity (Wildman–Crippen MR) is 92.8 cm³/mol. The van der Waals surface area contributed by atoms with Crippen molar-refractivity contribution in [1.82, 2.24) is 15.2 Å². The SMILES string of the molecule is COc1ncccc1CNC(=O)N(Cc1cccc(C)c1)C1CC1. The molecule has 1 aromatic carbocycles. The zero-order valence-corrected chi connectivity index (χ0v) is 14.2. The van der Waals surface area contributed by atoms with Gasteiger partial charge in [0, 0.05) is 30.9 Å². The summed E-state index contributed by atoms with van der Waals surface area (Å²) in [4.78, 5) is 18.7. The van der Waals surface area contributed by atoms with Crippen LogP contribution in [-0.4, -0.2) is 29.1 Å². The molecule has 0 radical (unpaired) electrons. The number of pyridine rings is 1. The summed E-state index contributed by atoms with van der Waals surface area (Å²) in [5, 5.41) is 3.00. The van der Waals surface area contributed by atoms with Crippen LogP contribution in [0.1, 0.15) is 29.5 Å². The number of carbonyl (C=O) groups excluding carboxylic acids is 1. The number of aromatic nitrogens is 1. The normalized spacial score (nSPS) is 13.4. The van der Waals surface area contributed by atoms with Crippen LogP contribution in [0, 0.1) is 6.92 Å². The van der Waals surface area contributed by atoms with E-state index in [1.807, 2.05) is 23.1 Å². The topological polar surface area (TPSA) is 54.5 Å². The van der Waals surface area contributed by atoms with Gasteiger partial charge in [-0.1, -0.05) is 35.9 Å². The van der Waals surface area contributed by atoms with Crippen molar-refractivity contribution in [2.45, 2.75) is 38.9 Å². The number of benzene rings is 1. The van der Waals surface area contributed by atoms with Gasteiger partial charge in [-0.25, -0.2) is 9.78 Å². The molecule has 5 heteroatoms. The minimum Gasteiger partial charge on any atom is -0.481 e. The Labute approximate surface area is 142 Å². The van der Waals surface area contributed by atoms with E-state index in [4.69, 9.17) is 4.74 Å². The Morgan fingerprint density at radius 2 is 2.17 bits per heavy atom. The van der Waals surface area contributed by atoms with Crippen LogP contribution in [0.2, 0.25) is 0 Å². The number of nitrogens with one attached hydrogen (secondary N) is 1. The van der Waals surface area contributed by atoms with E-state index in [0.29, 0.717) is 25.0 Å². The van der Waals surface area contributed by atoms with Gasteiger partial charge >= 0.3 is 6.03 Å². The number of hydrogen-bond donors (Lipinski definition) is 1. The number of rotatable bonds is 6. The number of methoxy groups -OCH3 is 1. The largest absolute Gasteiger partial charge is 0.481 e. The first kappa shape index (κ1) is 16.3. The first-order chi connectivity index (χ1) is 11.7. The second kappa shape index (κ2) is 7.34. The number of nitrogens with zero attached hydrogens (tertiary/aromatic N) is 2. The molecule has 2 amide bonds. The Morgan fingerprint density at radius 1 is 1.33 bits per heavy atom. The average molecular weight is 325 g/mol. The molecule has 0 saturated heterocycles. The van der Waals surface area contributed by atoms with Gasteiger partial charge in [0.25, 0.3) is 0 Å². The van der Waals surface area contributed by atoms with Crippen molar-refractivity contribution in [1.29, 1.82) is 0 Å². The van der Waals surface area contributed by atoms with Crippen LogP contribution < -0.4 is 10.1 Å². The third kappa shape index (κ3) is 4.04. The fourth-order valence-electron chi connectivity index (χ4n) is 2.77. The minimum atomic E-state index is -0.0371. The lowest BCUT2D eigenvalue weighted by Gasteiger charge is -2.23. The fraction of sp³-hybridized carbons (Fsp3) is 0.368. The molecule has 1 aliphatic carbocycles. The first-order valence-electron chi connectivity index (χ1n) is 8.25. The lowest BCUT2D eigenvalue weighted by molar-refractivity contribution is 0.191. The average Bonchev–Trinajstić information content (AvgIpc) is 3.43. The summed E-state index contributed by atoms with van der Waals surface area (Å²) in [5.41, 5.74) is 3.25. The molecule has 1 aliphatic rings. The zero-order chi connectivity index (χ0) is 16.9. The van der Waals surface area contributed by atoms with Crippen molar-refractivity contribution in [2.75, 3.05) is 7.11 Å². The number of ether oxygens (including phenoxy) is 1. The Kier molecular flexibility index (Phi) is 4.99. The summed E-state index contributed by atoms with van der Waals surface area (Å²) in [6.07, 6.45) is 3.84. The van der Waals surface area contributed by atoms with Crippen molar-refractivity contribution in [3.8, 4) is 5.88 Å². The number of carbonyl (C=O) groups is 1. The van der Waals surface area contributed by atoms with Gasteiger partial charge in [0.15, 0.2) is 0 Å². The lowest BCUT2D eigenvalue weighted by atomic mass is 10.1. The highest BCUT2D eigenvalue weighted by molar-refractivity contribution is 5.75. The van der Waals surface area contributed by atoms with Crippen LogP contribution in [0.4, 0.5) is 4.79 Å². The van der Waals surface area contributed by atoms with Gasteiger partial charge in [-0.05, 0) is 31.4 Å². The molecule has 5 nitrogen and oxygen atoms in total. The molecular weight excluding hydrogens is 302 g/mol. The molecule has 1 aromatic heterocycles. The lowest BCUT2D eigenvalue weighted by Crippen LogP contribution is -2.40. The molecule has 1 saturated carbocycles. The van der Waals surface area contributed by atoms with Crippen LogP contribution in [0.15, 0.2) is 42.6 Å². The Hall–Kier alpha value is -2.56. The molecule has 126 valence electrons. The maximum atomic E-state index is 12.6. The van der Waals surface area contributed by atoms with Gasteiger partial charge in [-0.2, -0.15) is 0 Å². The molecular formula is C19H23N3O2. The molecule has 1 fully saturated rings. The van der Waals surface area contributed by atoms with Crippen molar-refractivity contribution in [3.63, 3.8) is 0 Å². The van der Waals surface area contributed by atoms with Crippen LogP contribution >= 0.6 is 0 Å². The smallest absolute Gasteiger partial charge is 0.318 e. The fourth-order valence-corrected chi connectivity index (χ4v) is 2.77. The summed E-state index contributed by atoms with van der Waals surface area (Å²) in [5.74, 6) is 0.550. The standard InChI is InChI=1S/C19H23N3O2/c1-14-5-3-6-15(11-14)13-22(17-8-9-17)19(23)21-12-16-7-4-10-20-18(16)24-2/h3-7,10-11,17H,8-9,12-13H2,1-2H3,(H,21,23). The highest BCUT2D eigenvalue weighted by atomic mass is 16.5. The second-order valence-corrected chi connectivity index (χ2v) is 6.18. The quantitative estimate of drug-likeness (QED) is 0.887. The second-order valence-electron chi connectivity index (χ2n) is 6.18. The van der Waals surface area contributed by atoms with Crippen LogP contribution in [0.3, 0.4) is 0 Å². The summed E-state index contributed by atoms with van der Waals surface area (Å²) in [6.45, 7) is 3.12. The van der Waals surface area contributed by atoms with E-state index in [9.17, 15) is 4.79 Å². The van der Waals surface area contributed by atoms with E-state index in [0.717, 1.165) is 24.0 Å². The molecule has 0 spiro atoms. The molecule has 0 unspecified atom stereocenters. The highest BCUT2D eigenvalue weighted by Gasteiger charge is 2.32. The maximum absolute atomic E-state index is 12.6. The van der Waals surface area contributed by atoms with Gasteiger partial charge in [-0.15, -0.1) is 0 Å². The molecule has 3 rings (SSSR count). The van der Waals surface area contributed by atoms with E-state index in [2.05, 4.69) is 35.4 Å².